The van der Waals surface area contributed by atoms with Gasteiger partial charge in [0.1, 0.15) is 0 Å². The number of amides is 1. The number of hydrogen-bond acceptors (Lipinski definition) is 4. The van der Waals surface area contributed by atoms with Gasteiger partial charge in [-0.25, -0.2) is 4.68 Å². The van der Waals surface area contributed by atoms with Crippen LogP contribution < -0.4 is 5.32 Å². The van der Waals surface area contributed by atoms with Gasteiger partial charge in [0.15, 0.2) is 5.69 Å². The zero-order valence-corrected chi connectivity index (χ0v) is 17.4. The average Bonchev–Trinajstić information content (AvgIpc) is 3.41. The fourth-order valence-electron chi connectivity index (χ4n) is 3.76. The highest BCUT2D eigenvalue weighted by Gasteiger charge is 2.35. The van der Waals surface area contributed by atoms with Gasteiger partial charge in [0, 0.05) is 35.6 Å². The summed E-state index contributed by atoms with van der Waals surface area (Å²) in [5.74, 6) is 0.301. The topological polar surface area (TPSA) is 63.1 Å². The van der Waals surface area contributed by atoms with E-state index < -0.39 is 0 Å². The fraction of sp³-hybridized carbons (Fsp3) is 0.550. The van der Waals surface area contributed by atoms with Gasteiger partial charge in [-0.05, 0) is 63.8 Å². The van der Waals surface area contributed by atoms with Crippen LogP contribution in [0.2, 0.25) is 0 Å². The Morgan fingerprint density at radius 1 is 1.15 bits per heavy atom. The highest BCUT2D eigenvalue weighted by atomic mass is 79.9. The molecule has 2 heterocycles. The van der Waals surface area contributed by atoms with E-state index in [1.165, 1.54) is 0 Å². The van der Waals surface area contributed by atoms with Crippen LogP contribution in [0.4, 0.5) is 0 Å². The summed E-state index contributed by atoms with van der Waals surface area (Å²) in [5, 5.41) is 11.8. The number of carbonyl (C=O) groups is 1. The molecule has 1 saturated heterocycles. The average molecular weight is 432 g/mol. The number of benzene rings is 1. The first-order chi connectivity index (χ1) is 13.0. The van der Waals surface area contributed by atoms with Crippen LogP contribution in [-0.4, -0.2) is 51.0 Å². The van der Waals surface area contributed by atoms with Crippen LogP contribution in [0.5, 0.6) is 0 Å². The van der Waals surface area contributed by atoms with E-state index in [2.05, 4.69) is 50.3 Å². The molecule has 1 aliphatic heterocycles. The number of halogens is 1. The van der Waals surface area contributed by atoms with Gasteiger partial charge >= 0.3 is 0 Å². The smallest absolute Gasteiger partial charge is 0.274 e. The second-order valence-electron chi connectivity index (χ2n) is 7.86. The van der Waals surface area contributed by atoms with Crippen LogP contribution >= 0.6 is 15.9 Å². The summed E-state index contributed by atoms with van der Waals surface area (Å²) in [7, 11) is 0. The zero-order chi connectivity index (χ0) is 19.0. The maximum atomic E-state index is 12.9. The van der Waals surface area contributed by atoms with E-state index in [9.17, 15) is 4.79 Å². The zero-order valence-electron chi connectivity index (χ0n) is 15.9. The molecule has 2 fully saturated rings. The summed E-state index contributed by atoms with van der Waals surface area (Å²) in [4.78, 5) is 15.4. The number of nitrogens with zero attached hydrogens (tertiary/aromatic N) is 4. The van der Waals surface area contributed by atoms with Crippen LogP contribution in [-0.2, 0) is 0 Å². The first-order valence-electron chi connectivity index (χ1n) is 9.79. The third-order valence-corrected chi connectivity index (χ3v) is 6.08. The highest BCUT2D eigenvalue weighted by molar-refractivity contribution is 9.10. The number of hydrogen-bond donors (Lipinski definition) is 1. The molecule has 1 N–H and O–H groups in total. The van der Waals surface area contributed by atoms with Crippen molar-refractivity contribution in [2.24, 2.45) is 0 Å². The molecule has 0 spiro atoms. The normalized spacial score (nSPS) is 18.8. The van der Waals surface area contributed by atoms with Gasteiger partial charge in [0.25, 0.3) is 5.91 Å². The fourth-order valence-corrected chi connectivity index (χ4v) is 4.03. The van der Waals surface area contributed by atoms with E-state index in [4.69, 9.17) is 0 Å². The first-order valence-corrected chi connectivity index (χ1v) is 10.6. The molecule has 0 unspecified atom stereocenters. The monoisotopic (exact) mass is 431 g/mol. The Labute approximate surface area is 168 Å². The predicted molar refractivity (Wildman–Crippen MR) is 108 cm³/mol. The van der Waals surface area contributed by atoms with E-state index in [-0.39, 0.29) is 11.9 Å². The first kappa shape index (κ1) is 18.6. The van der Waals surface area contributed by atoms with E-state index >= 15 is 0 Å². The van der Waals surface area contributed by atoms with E-state index in [0.29, 0.717) is 17.7 Å². The Hall–Kier alpha value is -1.73. The maximum absolute atomic E-state index is 12.9. The van der Waals surface area contributed by atoms with Gasteiger partial charge in [-0.1, -0.05) is 21.1 Å². The summed E-state index contributed by atoms with van der Waals surface area (Å²) in [6.07, 6.45) is 4.17. The number of piperidine rings is 1. The number of rotatable bonds is 5. The molecule has 1 saturated carbocycles. The van der Waals surface area contributed by atoms with E-state index in [1.54, 1.807) is 0 Å². The maximum Gasteiger partial charge on any atom is 0.274 e. The SMILES string of the molecule is CC(C)N1CCC(NC(=O)c2nnn(-c3ccc(Br)cc3)c2C2CC2)CC1. The molecule has 1 aromatic carbocycles. The molecule has 0 bridgehead atoms. The molecule has 6 nitrogen and oxygen atoms in total. The summed E-state index contributed by atoms with van der Waals surface area (Å²) < 4.78 is 2.85. The summed E-state index contributed by atoms with van der Waals surface area (Å²) >= 11 is 3.46. The molecule has 1 aliphatic carbocycles. The molecular weight excluding hydrogens is 406 g/mol. The summed E-state index contributed by atoms with van der Waals surface area (Å²) in [6, 6.07) is 8.74. The second-order valence-corrected chi connectivity index (χ2v) is 8.78. The van der Waals surface area contributed by atoms with Gasteiger partial charge in [0.2, 0.25) is 0 Å². The van der Waals surface area contributed by atoms with Crippen molar-refractivity contribution in [2.45, 2.75) is 57.5 Å². The van der Waals surface area contributed by atoms with Crippen molar-refractivity contribution in [3.05, 3.63) is 40.1 Å². The molecular formula is C20H26BrN5O. The number of likely N-dealkylation sites (tertiary alicyclic amines) is 1. The molecule has 0 radical (unpaired) electrons. The lowest BCUT2D eigenvalue weighted by Gasteiger charge is -2.34. The molecule has 4 rings (SSSR count). The lowest BCUT2D eigenvalue weighted by Crippen LogP contribution is -2.46. The van der Waals surface area contributed by atoms with Gasteiger partial charge in [-0.15, -0.1) is 5.10 Å². The number of carbonyl (C=O) groups excluding carboxylic acids is 1. The standard InChI is InChI=1S/C20H26BrN5O/c1-13(2)25-11-9-16(10-12-25)22-20(27)18-19(14-3-4-14)26(24-23-18)17-7-5-15(21)6-8-17/h5-8,13-14,16H,3-4,9-12H2,1-2H3,(H,22,27). The van der Waals surface area contributed by atoms with Gasteiger partial charge in [0.05, 0.1) is 11.4 Å². The molecule has 1 aromatic heterocycles. The van der Waals surface area contributed by atoms with Gasteiger partial charge in [-0.2, -0.15) is 0 Å². The third kappa shape index (κ3) is 4.09. The van der Waals surface area contributed by atoms with Crippen molar-refractivity contribution in [2.75, 3.05) is 13.1 Å². The molecule has 0 atom stereocenters. The Morgan fingerprint density at radius 2 is 1.81 bits per heavy atom. The van der Waals surface area contributed by atoms with Crippen molar-refractivity contribution in [3.8, 4) is 5.69 Å². The van der Waals surface area contributed by atoms with Gasteiger partial charge in [-0.3, -0.25) is 4.79 Å². The lowest BCUT2D eigenvalue weighted by atomic mass is 10.0. The van der Waals surface area contributed by atoms with Crippen LogP contribution in [0.1, 0.15) is 61.6 Å². The second kappa shape index (κ2) is 7.72. The Kier molecular flexibility index (Phi) is 5.32. The minimum atomic E-state index is -0.0803. The third-order valence-electron chi connectivity index (χ3n) is 5.55. The minimum Gasteiger partial charge on any atom is -0.348 e. The minimum absolute atomic E-state index is 0.0803. The van der Waals surface area contributed by atoms with Crippen molar-refractivity contribution >= 4 is 21.8 Å². The van der Waals surface area contributed by atoms with E-state index in [1.807, 2.05) is 28.9 Å². The van der Waals surface area contributed by atoms with E-state index in [0.717, 1.165) is 54.6 Å². The Morgan fingerprint density at radius 3 is 2.41 bits per heavy atom. The summed E-state index contributed by atoms with van der Waals surface area (Å²) in [6.45, 7) is 6.51. The Balaban J connectivity index is 1.50. The molecule has 2 aromatic rings. The molecule has 2 aliphatic rings. The molecule has 1 amide bonds. The highest BCUT2D eigenvalue weighted by Crippen LogP contribution is 2.42. The van der Waals surface area contributed by atoms with Crippen molar-refractivity contribution < 1.29 is 4.79 Å². The van der Waals surface area contributed by atoms with Crippen LogP contribution in [0.15, 0.2) is 28.7 Å². The Bertz CT molecular complexity index is 804. The molecule has 144 valence electrons. The van der Waals surface area contributed by atoms with Crippen molar-refractivity contribution in [3.63, 3.8) is 0 Å². The van der Waals surface area contributed by atoms with Crippen LogP contribution in [0.3, 0.4) is 0 Å². The number of nitrogens with one attached hydrogen (secondary N) is 1. The largest absolute Gasteiger partial charge is 0.348 e. The van der Waals surface area contributed by atoms with Crippen LogP contribution in [0, 0.1) is 0 Å². The lowest BCUT2D eigenvalue weighted by molar-refractivity contribution is 0.0894. The van der Waals surface area contributed by atoms with Gasteiger partial charge < -0.3 is 10.2 Å². The molecule has 27 heavy (non-hydrogen) atoms. The molecule has 7 heteroatoms. The number of aromatic nitrogens is 3. The van der Waals surface area contributed by atoms with Crippen molar-refractivity contribution in [1.29, 1.82) is 0 Å². The quantitative estimate of drug-likeness (QED) is 0.786. The summed E-state index contributed by atoms with van der Waals surface area (Å²) in [5.41, 5.74) is 2.39. The predicted octanol–water partition coefficient (Wildman–Crippen LogP) is 3.51. The van der Waals surface area contributed by atoms with Crippen molar-refractivity contribution in [1.82, 2.24) is 25.2 Å². The van der Waals surface area contributed by atoms with Crippen LogP contribution in [0.25, 0.3) is 5.69 Å².